The third-order valence-corrected chi connectivity index (χ3v) is 3.34. The van der Waals surface area contributed by atoms with E-state index in [0.29, 0.717) is 16.7 Å². The molecule has 5 nitrogen and oxygen atoms in total. The Labute approximate surface area is 129 Å². The molecule has 0 unspecified atom stereocenters. The second kappa shape index (κ2) is 7.88. The highest BCUT2D eigenvalue weighted by Crippen LogP contribution is 2.23. The van der Waals surface area contributed by atoms with Crippen LogP contribution in [-0.4, -0.2) is 31.6 Å². The van der Waals surface area contributed by atoms with Crippen molar-refractivity contribution in [1.29, 1.82) is 0 Å². The Balaban J connectivity index is 2.62. The molecule has 0 aromatic heterocycles. The molecule has 1 N–H and O–H groups in total. The number of carbonyl (C=O) groups excluding carboxylic acids is 2. The Bertz CT molecular complexity index is 516. The van der Waals surface area contributed by atoms with Crippen molar-refractivity contribution in [2.75, 3.05) is 13.7 Å². The molecule has 6 heteroatoms. The highest BCUT2D eigenvalue weighted by atomic mass is 35.5. The maximum atomic E-state index is 12.0. The van der Waals surface area contributed by atoms with Gasteiger partial charge in [-0.2, -0.15) is 0 Å². The molecule has 21 heavy (non-hydrogen) atoms. The fourth-order valence-electron chi connectivity index (χ4n) is 1.51. The summed E-state index contributed by atoms with van der Waals surface area (Å²) in [6.07, 6.45) is 0. The van der Waals surface area contributed by atoms with Crippen LogP contribution in [0.5, 0.6) is 5.75 Å². The van der Waals surface area contributed by atoms with Gasteiger partial charge in [0, 0.05) is 11.1 Å². The lowest BCUT2D eigenvalue weighted by Gasteiger charge is -2.17. The molecule has 0 saturated heterocycles. The first-order chi connectivity index (χ1) is 9.85. The molecule has 1 aromatic rings. The molecular formula is C15H20ClNO4. The minimum atomic E-state index is -0.651. The lowest BCUT2D eigenvalue weighted by molar-refractivity contribution is -0.125. The number of methoxy groups -OCH3 is 1. The van der Waals surface area contributed by atoms with Crippen molar-refractivity contribution < 1.29 is 19.1 Å². The van der Waals surface area contributed by atoms with Gasteiger partial charge in [0.15, 0.2) is 6.61 Å². The van der Waals surface area contributed by atoms with E-state index in [4.69, 9.17) is 21.1 Å². The average molecular weight is 314 g/mol. The number of hydrogen-bond donors (Lipinski definition) is 1. The van der Waals surface area contributed by atoms with Gasteiger partial charge in [0.05, 0.1) is 7.11 Å². The van der Waals surface area contributed by atoms with Crippen molar-refractivity contribution in [3.05, 3.63) is 28.8 Å². The minimum Gasteiger partial charge on any atom is -0.496 e. The van der Waals surface area contributed by atoms with Crippen LogP contribution in [-0.2, 0) is 9.53 Å². The van der Waals surface area contributed by atoms with Gasteiger partial charge in [0.2, 0.25) is 0 Å². The Morgan fingerprint density at radius 2 is 1.95 bits per heavy atom. The standard InChI is InChI=1S/C15H20ClNO4/c1-9(2)10(3)17-14(18)8-21-15(19)12-7-11(16)5-6-13(12)20-4/h5-7,9-10H,8H2,1-4H3,(H,17,18)/t10-/m0/s1. The van der Waals surface area contributed by atoms with Crippen molar-refractivity contribution >= 4 is 23.5 Å². The van der Waals surface area contributed by atoms with Gasteiger partial charge in [-0.25, -0.2) is 4.79 Å². The molecule has 1 aromatic carbocycles. The Kier molecular flexibility index (Phi) is 6.49. The van der Waals surface area contributed by atoms with Crippen LogP contribution < -0.4 is 10.1 Å². The second-order valence-corrected chi connectivity index (χ2v) is 5.46. The first-order valence-corrected chi connectivity index (χ1v) is 7.03. The molecule has 0 heterocycles. The zero-order valence-electron chi connectivity index (χ0n) is 12.6. The van der Waals surface area contributed by atoms with E-state index in [1.165, 1.54) is 13.2 Å². The molecule has 0 fully saturated rings. The van der Waals surface area contributed by atoms with Crippen LogP contribution in [0, 0.1) is 5.92 Å². The fraction of sp³-hybridized carbons (Fsp3) is 0.467. The molecule has 1 atom stereocenters. The molecule has 116 valence electrons. The summed E-state index contributed by atoms with van der Waals surface area (Å²) in [5.41, 5.74) is 0.190. The van der Waals surface area contributed by atoms with Gasteiger partial charge in [-0.1, -0.05) is 25.4 Å². The molecule has 0 aliphatic heterocycles. The van der Waals surface area contributed by atoms with Crippen molar-refractivity contribution in [3.63, 3.8) is 0 Å². The molecule has 0 aliphatic carbocycles. The van der Waals surface area contributed by atoms with Crippen LogP contribution in [0.25, 0.3) is 0 Å². The van der Waals surface area contributed by atoms with Gasteiger partial charge in [0.1, 0.15) is 11.3 Å². The predicted octanol–water partition coefficient (Wildman–Crippen LogP) is 2.67. The highest BCUT2D eigenvalue weighted by molar-refractivity contribution is 6.31. The van der Waals surface area contributed by atoms with Crippen molar-refractivity contribution in [2.24, 2.45) is 5.92 Å². The van der Waals surface area contributed by atoms with Crippen LogP contribution in [0.2, 0.25) is 5.02 Å². The monoisotopic (exact) mass is 313 g/mol. The number of halogens is 1. The van der Waals surface area contributed by atoms with Crippen molar-refractivity contribution in [2.45, 2.75) is 26.8 Å². The summed E-state index contributed by atoms with van der Waals surface area (Å²) in [4.78, 5) is 23.6. The summed E-state index contributed by atoms with van der Waals surface area (Å²) in [6, 6.07) is 4.63. The number of rotatable bonds is 6. The summed E-state index contributed by atoms with van der Waals surface area (Å²) in [5, 5.41) is 3.14. The number of benzene rings is 1. The van der Waals surface area contributed by atoms with E-state index in [0.717, 1.165) is 0 Å². The molecule has 0 bridgehead atoms. The summed E-state index contributed by atoms with van der Waals surface area (Å²) < 4.78 is 10.0. The van der Waals surface area contributed by atoms with E-state index < -0.39 is 5.97 Å². The van der Waals surface area contributed by atoms with E-state index in [9.17, 15) is 9.59 Å². The molecule has 0 radical (unpaired) electrons. The first kappa shape index (κ1) is 17.3. The normalized spacial score (nSPS) is 11.9. The molecule has 1 amide bonds. The third-order valence-electron chi connectivity index (χ3n) is 3.10. The Hall–Kier alpha value is -1.75. The fourth-order valence-corrected chi connectivity index (χ4v) is 1.68. The van der Waals surface area contributed by atoms with E-state index in [1.807, 2.05) is 20.8 Å². The van der Waals surface area contributed by atoms with Gasteiger partial charge in [-0.05, 0) is 31.0 Å². The smallest absolute Gasteiger partial charge is 0.342 e. The Morgan fingerprint density at radius 1 is 1.29 bits per heavy atom. The quantitative estimate of drug-likeness (QED) is 0.820. The number of amides is 1. The molecule has 0 spiro atoms. The van der Waals surface area contributed by atoms with Crippen LogP contribution in [0.1, 0.15) is 31.1 Å². The number of ether oxygens (including phenoxy) is 2. The zero-order chi connectivity index (χ0) is 16.0. The molecule has 0 aliphatic rings. The first-order valence-electron chi connectivity index (χ1n) is 6.65. The molecule has 0 saturated carbocycles. The maximum Gasteiger partial charge on any atom is 0.342 e. The number of hydrogen-bond acceptors (Lipinski definition) is 4. The number of esters is 1. The van der Waals surface area contributed by atoms with Gasteiger partial charge in [-0.3, -0.25) is 4.79 Å². The molecular weight excluding hydrogens is 294 g/mol. The number of nitrogens with one attached hydrogen (secondary N) is 1. The van der Waals surface area contributed by atoms with Crippen molar-refractivity contribution in [3.8, 4) is 5.75 Å². The second-order valence-electron chi connectivity index (χ2n) is 5.02. The van der Waals surface area contributed by atoms with E-state index in [2.05, 4.69) is 5.32 Å². The largest absolute Gasteiger partial charge is 0.496 e. The summed E-state index contributed by atoms with van der Waals surface area (Å²) in [7, 11) is 1.44. The number of carbonyl (C=O) groups is 2. The molecule has 1 rings (SSSR count). The summed E-state index contributed by atoms with van der Waals surface area (Å²) in [5.74, 6) is -0.342. The van der Waals surface area contributed by atoms with Crippen LogP contribution >= 0.6 is 11.6 Å². The topological polar surface area (TPSA) is 64.6 Å². The lowest BCUT2D eigenvalue weighted by Crippen LogP contribution is -2.38. The van der Waals surface area contributed by atoms with E-state index in [1.54, 1.807) is 12.1 Å². The zero-order valence-corrected chi connectivity index (χ0v) is 13.4. The van der Waals surface area contributed by atoms with Gasteiger partial charge in [0.25, 0.3) is 5.91 Å². The van der Waals surface area contributed by atoms with Crippen LogP contribution in [0.3, 0.4) is 0 Å². The average Bonchev–Trinajstić information content (AvgIpc) is 2.44. The van der Waals surface area contributed by atoms with E-state index >= 15 is 0 Å². The van der Waals surface area contributed by atoms with E-state index in [-0.39, 0.29) is 24.1 Å². The SMILES string of the molecule is COc1ccc(Cl)cc1C(=O)OCC(=O)N[C@@H](C)C(C)C. The summed E-state index contributed by atoms with van der Waals surface area (Å²) in [6.45, 7) is 5.54. The van der Waals surface area contributed by atoms with Crippen molar-refractivity contribution in [1.82, 2.24) is 5.32 Å². The minimum absolute atomic E-state index is 0.0110. The van der Waals surface area contributed by atoms with Crippen LogP contribution in [0.4, 0.5) is 0 Å². The van der Waals surface area contributed by atoms with Gasteiger partial charge >= 0.3 is 5.97 Å². The maximum absolute atomic E-state index is 12.0. The lowest BCUT2D eigenvalue weighted by atomic mass is 10.1. The van der Waals surface area contributed by atoms with Crippen LogP contribution in [0.15, 0.2) is 18.2 Å². The third kappa shape index (κ3) is 5.27. The highest BCUT2D eigenvalue weighted by Gasteiger charge is 2.17. The predicted molar refractivity (Wildman–Crippen MR) is 80.7 cm³/mol. The Morgan fingerprint density at radius 3 is 2.52 bits per heavy atom. The van der Waals surface area contributed by atoms with Gasteiger partial charge < -0.3 is 14.8 Å². The summed E-state index contributed by atoms with van der Waals surface area (Å²) >= 11 is 5.84. The van der Waals surface area contributed by atoms with Gasteiger partial charge in [-0.15, -0.1) is 0 Å².